The number of pyridine rings is 1. The number of fused-ring (bicyclic) bond motifs is 1. The first-order valence-corrected chi connectivity index (χ1v) is 10.1. The van der Waals surface area contributed by atoms with E-state index in [0.717, 1.165) is 44.2 Å². The number of hydrogen-bond donors (Lipinski definition) is 1. The van der Waals surface area contributed by atoms with Gasteiger partial charge in [0, 0.05) is 30.1 Å². The lowest BCUT2D eigenvalue weighted by Gasteiger charge is -2.33. The summed E-state index contributed by atoms with van der Waals surface area (Å²) in [7, 11) is 0. The number of carbonyl (C=O) groups is 1. The van der Waals surface area contributed by atoms with Crippen molar-refractivity contribution in [2.75, 3.05) is 13.1 Å². The van der Waals surface area contributed by atoms with E-state index < -0.39 is 0 Å². The average molecular weight is 374 g/mol. The van der Waals surface area contributed by atoms with Crippen molar-refractivity contribution >= 4 is 16.8 Å². The van der Waals surface area contributed by atoms with Crippen LogP contribution in [0.1, 0.15) is 40.7 Å². The van der Waals surface area contributed by atoms with Crippen molar-refractivity contribution < 1.29 is 4.79 Å². The molecule has 4 nitrogen and oxygen atoms in total. The topological polar surface area (TPSA) is 53.2 Å². The minimum atomic E-state index is -0.227. The number of benzene rings is 2. The molecule has 0 spiro atoms. The van der Waals surface area contributed by atoms with Crippen LogP contribution in [0.2, 0.25) is 0 Å². The van der Waals surface area contributed by atoms with Crippen LogP contribution in [0.3, 0.4) is 0 Å². The zero-order chi connectivity index (χ0) is 19.5. The number of H-pyrrole nitrogens is 1. The van der Waals surface area contributed by atoms with Crippen LogP contribution in [-0.4, -0.2) is 28.9 Å². The molecule has 28 heavy (non-hydrogen) atoms. The van der Waals surface area contributed by atoms with Gasteiger partial charge in [0.25, 0.3) is 5.91 Å². The molecule has 1 amide bonds. The summed E-state index contributed by atoms with van der Waals surface area (Å²) in [5.74, 6) is 0.480. The zero-order valence-corrected chi connectivity index (χ0v) is 16.3. The summed E-state index contributed by atoms with van der Waals surface area (Å²) < 4.78 is 0. The van der Waals surface area contributed by atoms with Crippen LogP contribution < -0.4 is 5.56 Å². The van der Waals surface area contributed by atoms with Gasteiger partial charge in [-0.2, -0.15) is 0 Å². The first-order chi connectivity index (χ1) is 13.6. The lowest BCUT2D eigenvalue weighted by Crippen LogP contribution is -2.40. The Labute approximate surface area is 165 Å². The number of rotatable bonds is 4. The van der Waals surface area contributed by atoms with Gasteiger partial charge < -0.3 is 9.88 Å². The van der Waals surface area contributed by atoms with E-state index in [-0.39, 0.29) is 11.5 Å². The molecule has 0 bridgehead atoms. The monoisotopic (exact) mass is 374 g/mol. The summed E-state index contributed by atoms with van der Waals surface area (Å²) in [6.45, 7) is 3.69. The molecule has 4 rings (SSSR count). The van der Waals surface area contributed by atoms with Crippen LogP contribution in [0.4, 0.5) is 0 Å². The molecule has 2 heterocycles. The number of likely N-dealkylation sites (tertiary alicyclic amines) is 1. The third-order valence-corrected chi connectivity index (χ3v) is 5.87. The van der Waals surface area contributed by atoms with E-state index in [1.54, 1.807) is 0 Å². The maximum atomic E-state index is 13.2. The highest BCUT2D eigenvalue weighted by atomic mass is 16.2. The van der Waals surface area contributed by atoms with Crippen LogP contribution >= 0.6 is 0 Å². The Hall–Kier alpha value is -2.88. The van der Waals surface area contributed by atoms with Crippen LogP contribution in [0, 0.1) is 12.8 Å². The Morgan fingerprint density at radius 3 is 2.79 bits per heavy atom. The molecule has 4 heteroatoms. The highest BCUT2D eigenvalue weighted by Crippen LogP contribution is 2.25. The third kappa shape index (κ3) is 3.86. The van der Waals surface area contributed by atoms with Crippen molar-refractivity contribution in [1.82, 2.24) is 9.88 Å². The lowest BCUT2D eigenvalue weighted by molar-refractivity contribution is 0.0670. The highest BCUT2D eigenvalue weighted by molar-refractivity contribution is 6.05. The zero-order valence-electron chi connectivity index (χ0n) is 16.3. The molecule has 0 saturated carbocycles. The molecular weight excluding hydrogens is 348 g/mol. The normalized spacial score (nSPS) is 17.0. The van der Waals surface area contributed by atoms with E-state index >= 15 is 0 Å². The predicted molar refractivity (Wildman–Crippen MR) is 113 cm³/mol. The first kappa shape index (κ1) is 18.5. The predicted octanol–water partition coefficient (Wildman–Crippen LogP) is 4.32. The molecule has 1 aromatic heterocycles. The Bertz CT molecular complexity index is 1050. The number of aryl methyl sites for hydroxylation is 2. The summed E-state index contributed by atoms with van der Waals surface area (Å²) in [5, 5.41) is 0.814. The molecule has 1 unspecified atom stereocenters. The first-order valence-electron chi connectivity index (χ1n) is 10.1. The Morgan fingerprint density at radius 2 is 1.93 bits per heavy atom. The maximum Gasteiger partial charge on any atom is 0.254 e. The molecule has 1 aliphatic rings. The van der Waals surface area contributed by atoms with Crippen LogP contribution in [0.25, 0.3) is 10.9 Å². The second-order valence-corrected chi connectivity index (χ2v) is 7.82. The standard InChI is InChI=1S/C24H26N2O2/c1-17-7-2-3-9-19(17)13-12-18-8-6-14-26(16-18)24(28)21-15-23(27)25-22-11-5-4-10-20(21)22/h2-5,7,9-11,15,18H,6,8,12-14,16H2,1H3,(H,25,27). The smallest absolute Gasteiger partial charge is 0.254 e. The molecule has 144 valence electrons. The number of nitrogens with one attached hydrogen (secondary N) is 1. The number of aromatic amines is 1. The van der Waals surface area contributed by atoms with Crippen molar-refractivity contribution in [1.29, 1.82) is 0 Å². The Balaban J connectivity index is 1.50. The van der Waals surface area contributed by atoms with Gasteiger partial charge >= 0.3 is 0 Å². The van der Waals surface area contributed by atoms with Gasteiger partial charge in [0.1, 0.15) is 0 Å². The average Bonchev–Trinajstić information content (AvgIpc) is 2.72. The van der Waals surface area contributed by atoms with Gasteiger partial charge in [0.05, 0.1) is 5.56 Å². The van der Waals surface area contributed by atoms with E-state index in [4.69, 9.17) is 0 Å². The number of nitrogens with zero attached hydrogens (tertiary/aromatic N) is 1. The molecule has 1 saturated heterocycles. The van der Waals surface area contributed by atoms with Gasteiger partial charge in [-0.25, -0.2) is 0 Å². The summed E-state index contributed by atoms with van der Waals surface area (Å²) in [6, 6.07) is 17.5. The van der Waals surface area contributed by atoms with Crippen LogP contribution in [0.5, 0.6) is 0 Å². The van der Waals surface area contributed by atoms with Crippen molar-refractivity contribution in [3.8, 4) is 0 Å². The molecule has 3 aromatic rings. The fourth-order valence-corrected chi connectivity index (χ4v) is 4.29. The second-order valence-electron chi connectivity index (χ2n) is 7.82. The molecule has 2 aromatic carbocycles. The van der Waals surface area contributed by atoms with E-state index in [1.165, 1.54) is 17.2 Å². The number of piperidine rings is 1. The van der Waals surface area contributed by atoms with Crippen LogP contribution in [0.15, 0.2) is 59.4 Å². The van der Waals surface area contributed by atoms with Crippen molar-refractivity contribution in [3.05, 3.63) is 81.6 Å². The van der Waals surface area contributed by atoms with E-state index in [2.05, 4.69) is 36.2 Å². The molecule has 0 aliphatic carbocycles. The van der Waals surface area contributed by atoms with Crippen molar-refractivity contribution in [3.63, 3.8) is 0 Å². The maximum absolute atomic E-state index is 13.2. The van der Waals surface area contributed by atoms with Gasteiger partial charge in [-0.3, -0.25) is 9.59 Å². The molecule has 1 atom stereocenters. The second kappa shape index (κ2) is 8.01. The lowest BCUT2D eigenvalue weighted by atomic mass is 9.90. The Kier molecular flexibility index (Phi) is 5.29. The summed E-state index contributed by atoms with van der Waals surface area (Å²) in [5.41, 5.74) is 3.73. The largest absolute Gasteiger partial charge is 0.338 e. The van der Waals surface area contributed by atoms with Gasteiger partial charge in [-0.05, 0) is 55.7 Å². The summed E-state index contributed by atoms with van der Waals surface area (Å²) >= 11 is 0. The van der Waals surface area contributed by atoms with Gasteiger partial charge in [-0.1, -0.05) is 42.5 Å². The molecule has 1 aliphatic heterocycles. The van der Waals surface area contributed by atoms with Gasteiger partial charge in [0.2, 0.25) is 5.56 Å². The van der Waals surface area contributed by atoms with E-state index in [1.807, 2.05) is 29.2 Å². The molecule has 1 N–H and O–H groups in total. The fourth-order valence-electron chi connectivity index (χ4n) is 4.29. The summed E-state index contributed by atoms with van der Waals surface area (Å²) in [6.07, 6.45) is 4.31. The highest BCUT2D eigenvalue weighted by Gasteiger charge is 2.25. The number of carbonyl (C=O) groups excluding carboxylic acids is 1. The van der Waals surface area contributed by atoms with Gasteiger partial charge in [-0.15, -0.1) is 0 Å². The number of hydrogen-bond acceptors (Lipinski definition) is 2. The third-order valence-electron chi connectivity index (χ3n) is 5.87. The minimum absolute atomic E-state index is 0.0251. The van der Waals surface area contributed by atoms with E-state index in [9.17, 15) is 9.59 Å². The van der Waals surface area contributed by atoms with E-state index in [0.29, 0.717) is 17.0 Å². The number of aromatic nitrogens is 1. The molecule has 1 fully saturated rings. The number of amides is 1. The summed E-state index contributed by atoms with van der Waals surface area (Å²) in [4.78, 5) is 30.0. The van der Waals surface area contributed by atoms with Crippen molar-refractivity contribution in [2.45, 2.75) is 32.6 Å². The quantitative estimate of drug-likeness (QED) is 0.739. The van der Waals surface area contributed by atoms with Crippen molar-refractivity contribution in [2.24, 2.45) is 5.92 Å². The fraction of sp³-hybridized carbons (Fsp3) is 0.333. The van der Waals surface area contributed by atoms with Crippen LogP contribution in [-0.2, 0) is 6.42 Å². The Morgan fingerprint density at radius 1 is 1.14 bits per heavy atom. The minimum Gasteiger partial charge on any atom is -0.338 e. The van der Waals surface area contributed by atoms with Gasteiger partial charge in [0.15, 0.2) is 0 Å². The SMILES string of the molecule is Cc1ccccc1CCC1CCCN(C(=O)c2cc(=O)[nH]c3ccccc23)C1. The molecular formula is C24H26N2O2. The molecule has 0 radical (unpaired) electrons. The number of para-hydroxylation sites is 1.